The highest BCUT2D eigenvalue weighted by Crippen LogP contribution is 2.20. The highest BCUT2D eigenvalue weighted by Gasteiger charge is 2.44. The number of hydrogen-bond acceptors (Lipinski definition) is 5. The van der Waals surface area contributed by atoms with Crippen LogP contribution < -0.4 is 10.9 Å². The Balaban J connectivity index is 0.000000359. The molecule has 2 rings (SSSR count). The van der Waals surface area contributed by atoms with E-state index < -0.39 is 15.6 Å². The molecule has 4 N–H and O–H groups in total. The van der Waals surface area contributed by atoms with Gasteiger partial charge in [0.2, 0.25) is 0 Å². The van der Waals surface area contributed by atoms with E-state index in [9.17, 15) is 18.3 Å². The molecule has 0 atom stereocenters. The van der Waals surface area contributed by atoms with Gasteiger partial charge in [-0.1, -0.05) is 29.8 Å². The molecule has 0 aliphatic carbocycles. The van der Waals surface area contributed by atoms with Crippen molar-refractivity contribution in [3.05, 3.63) is 59.7 Å². The summed E-state index contributed by atoms with van der Waals surface area (Å²) in [6.07, 6.45) is 0.900. The van der Waals surface area contributed by atoms with E-state index in [-0.39, 0.29) is 5.75 Å². The summed E-state index contributed by atoms with van der Waals surface area (Å²) in [7, 11) is -5.84. The van der Waals surface area contributed by atoms with Gasteiger partial charge in [-0.25, -0.2) is 5.84 Å². The lowest BCUT2D eigenvalue weighted by atomic mass is 10.1. The second-order valence-electron chi connectivity index (χ2n) is 5.37. The van der Waals surface area contributed by atoms with E-state index in [1.54, 1.807) is 17.1 Å². The van der Waals surface area contributed by atoms with Crippen LogP contribution in [0, 0.1) is 6.92 Å². The topological polar surface area (TPSA) is 104 Å². The molecule has 0 bridgehead atoms. The van der Waals surface area contributed by atoms with Gasteiger partial charge >= 0.3 is 15.6 Å². The molecule has 0 saturated heterocycles. The average Bonchev–Trinajstić information content (AvgIpc) is 2.53. The van der Waals surface area contributed by atoms with Gasteiger partial charge in [-0.3, -0.25) is 4.55 Å². The molecule has 2 aromatic rings. The molecule has 0 saturated carbocycles. The molecule has 0 radical (unpaired) electrons. The lowest BCUT2D eigenvalue weighted by Gasteiger charge is -2.18. The van der Waals surface area contributed by atoms with Gasteiger partial charge in [0.25, 0.3) is 0 Å². The van der Waals surface area contributed by atoms with Crippen LogP contribution in [0.2, 0.25) is 0 Å². The summed E-state index contributed by atoms with van der Waals surface area (Å²) in [4.78, 5) is 0. The highest BCUT2D eigenvalue weighted by molar-refractivity contribution is 7.86. The standard InChI is InChI=1S/C15H18N2O.CHF3O3S/c1-12-2-4-13(5-3-12)10-11-17(16)14-6-8-15(18)9-7-14;2-1(3,4)8(5,6)7/h2-9,18H,10-11,16H2,1H3;(H,5,6,7). The molecule has 0 aliphatic heterocycles. The molecular formula is C16H19F3N2O4S. The van der Waals surface area contributed by atoms with Crippen LogP contribution in [0.25, 0.3) is 0 Å². The van der Waals surface area contributed by atoms with Crippen molar-refractivity contribution in [1.82, 2.24) is 0 Å². The first-order valence-electron chi connectivity index (χ1n) is 7.30. The minimum absolute atomic E-state index is 0.255. The van der Waals surface area contributed by atoms with E-state index in [1.807, 2.05) is 12.1 Å². The Morgan fingerprint density at radius 3 is 1.92 bits per heavy atom. The van der Waals surface area contributed by atoms with Gasteiger partial charge in [-0.15, -0.1) is 0 Å². The quantitative estimate of drug-likeness (QED) is 0.320. The number of aromatic hydroxyl groups is 1. The van der Waals surface area contributed by atoms with E-state index >= 15 is 0 Å². The summed E-state index contributed by atoms with van der Waals surface area (Å²) in [5.74, 6) is 6.23. The van der Waals surface area contributed by atoms with E-state index in [4.69, 9.17) is 18.8 Å². The Bertz CT molecular complexity index is 792. The van der Waals surface area contributed by atoms with E-state index in [1.165, 1.54) is 11.1 Å². The molecule has 10 heteroatoms. The maximum atomic E-state index is 10.7. The third-order valence-electron chi connectivity index (χ3n) is 3.24. The molecule has 0 spiro atoms. The molecule has 2 aromatic carbocycles. The van der Waals surface area contributed by atoms with Crippen LogP contribution in [0.4, 0.5) is 18.9 Å². The van der Waals surface area contributed by atoms with Crippen molar-refractivity contribution in [2.45, 2.75) is 18.9 Å². The van der Waals surface area contributed by atoms with Gasteiger partial charge < -0.3 is 10.1 Å². The van der Waals surface area contributed by atoms with Gasteiger partial charge in [0.15, 0.2) is 0 Å². The van der Waals surface area contributed by atoms with Crippen LogP contribution in [0.5, 0.6) is 5.75 Å². The number of nitrogens with two attached hydrogens (primary N) is 1. The number of benzene rings is 2. The lowest BCUT2D eigenvalue weighted by Crippen LogP contribution is -2.32. The molecule has 0 fully saturated rings. The van der Waals surface area contributed by atoms with Crippen molar-refractivity contribution < 1.29 is 31.2 Å². The number of anilines is 1. The Labute approximate surface area is 149 Å². The Kier molecular flexibility index (Phi) is 7.42. The second kappa shape index (κ2) is 8.88. The van der Waals surface area contributed by atoms with Gasteiger partial charge in [-0.05, 0) is 43.2 Å². The summed E-state index contributed by atoms with van der Waals surface area (Å²) >= 11 is 0. The van der Waals surface area contributed by atoms with Crippen molar-refractivity contribution >= 4 is 15.8 Å². The monoisotopic (exact) mass is 392 g/mol. The largest absolute Gasteiger partial charge is 0.522 e. The first-order chi connectivity index (χ1) is 11.9. The molecule has 0 amide bonds. The first kappa shape index (κ1) is 21.7. The Hall–Kier alpha value is -2.30. The lowest BCUT2D eigenvalue weighted by molar-refractivity contribution is -0.0510. The Morgan fingerprint density at radius 1 is 1.04 bits per heavy atom. The van der Waals surface area contributed by atoms with Crippen molar-refractivity contribution in [3.63, 3.8) is 0 Å². The number of aryl methyl sites for hydroxylation is 1. The fraction of sp³-hybridized carbons (Fsp3) is 0.250. The van der Waals surface area contributed by atoms with Crippen LogP contribution in [0.3, 0.4) is 0 Å². The third-order valence-corrected chi connectivity index (χ3v) is 3.82. The maximum absolute atomic E-state index is 10.7. The predicted molar refractivity (Wildman–Crippen MR) is 92.1 cm³/mol. The number of hydrogen-bond donors (Lipinski definition) is 3. The number of alkyl halides is 3. The molecule has 26 heavy (non-hydrogen) atoms. The van der Waals surface area contributed by atoms with Crippen LogP contribution in [-0.4, -0.2) is 30.1 Å². The minimum Gasteiger partial charge on any atom is -0.508 e. The number of halogens is 3. The fourth-order valence-corrected chi connectivity index (χ4v) is 1.78. The van der Waals surface area contributed by atoms with Crippen LogP contribution in [0.15, 0.2) is 48.5 Å². The molecule has 0 aliphatic rings. The maximum Gasteiger partial charge on any atom is 0.522 e. The fourth-order valence-electron chi connectivity index (χ4n) is 1.78. The molecule has 0 heterocycles. The minimum atomic E-state index is -5.84. The third kappa shape index (κ3) is 7.30. The molecule has 0 unspecified atom stereocenters. The smallest absolute Gasteiger partial charge is 0.508 e. The normalized spacial score (nSPS) is 11.5. The van der Waals surface area contributed by atoms with Gasteiger partial charge in [0.1, 0.15) is 5.75 Å². The van der Waals surface area contributed by atoms with Gasteiger partial charge in [0, 0.05) is 6.54 Å². The van der Waals surface area contributed by atoms with Crippen LogP contribution in [0.1, 0.15) is 11.1 Å². The number of phenolic OH excluding ortho intramolecular Hbond substituents is 1. The van der Waals surface area contributed by atoms with Gasteiger partial charge in [-0.2, -0.15) is 21.6 Å². The van der Waals surface area contributed by atoms with E-state index in [0.29, 0.717) is 0 Å². The summed E-state index contributed by atoms with van der Waals surface area (Å²) in [6, 6.07) is 15.4. The zero-order chi connectivity index (χ0) is 20.0. The number of phenols is 1. The molecule has 0 aromatic heterocycles. The zero-order valence-corrected chi connectivity index (χ0v) is 14.6. The predicted octanol–water partition coefficient (Wildman–Crippen LogP) is 3.02. The first-order valence-corrected chi connectivity index (χ1v) is 8.74. The zero-order valence-electron chi connectivity index (χ0n) is 13.8. The number of hydrazine groups is 1. The Morgan fingerprint density at radius 2 is 1.50 bits per heavy atom. The molecular weight excluding hydrogens is 373 g/mol. The molecule has 144 valence electrons. The SMILES string of the molecule is Cc1ccc(CCN(N)c2ccc(O)cc2)cc1.O=S(=O)(O)C(F)(F)F. The summed E-state index contributed by atoms with van der Waals surface area (Å²) in [6.45, 7) is 2.82. The van der Waals surface area contributed by atoms with Crippen molar-refractivity contribution in [2.24, 2.45) is 5.84 Å². The number of rotatable bonds is 4. The summed E-state index contributed by atoms with van der Waals surface area (Å²) < 4.78 is 57.5. The number of nitrogens with zero attached hydrogens (tertiary/aromatic N) is 1. The van der Waals surface area contributed by atoms with Crippen molar-refractivity contribution in [1.29, 1.82) is 0 Å². The van der Waals surface area contributed by atoms with E-state index in [0.717, 1.165) is 18.7 Å². The molecule has 6 nitrogen and oxygen atoms in total. The average molecular weight is 392 g/mol. The van der Waals surface area contributed by atoms with Crippen LogP contribution >= 0.6 is 0 Å². The van der Waals surface area contributed by atoms with Crippen LogP contribution in [-0.2, 0) is 16.5 Å². The highest BCUT2D eigenvalue weighted by atomic mass is 32.2. The van der Waals surface area contributed by atoms with Crippen molar-refractivity contribution in [3.8, 4) is 5.75 Å². The summed E-state index contributed by atoms with van der Waals surface area (Å²) in [5.41, 5.74) is -2.09. The van der Waals surface area contributed by atoms with Gasteiger partial charge in [0.05, 0.1) is 5.69 Å². The van der Waals surface area contributed by atoms with E-state index in [2.05, 4.69) is 31.2 Å². The second-order valence-corrected chi connectivity index (χ2v) is 6.78. The summed E-state index contributed by atoms with van der Waals surface area (Å²) in [5, 5.41) is 10.9. The van der Waals surface area contributed by atoms with Crippen molar-refractivity contribution in [2.75, 3.05) is 11.6 Å².